The number of imidazole rings is 1. The number of aryl methyl sites for hydroxylation is 2. The number of aromatic nitrogens is 6. The molecule has 1 atom stereocenters. The van der Waals surface area contributed by atoms with Gasteiger partial charge in [0.2, 0.25) is 5.88 Å². The maximum absolute atomic E-state index is 14.2. The first-order valence-electron chi connectivity index (χ1n) is 12.1. The lowest BCUT2D eigenvalue weighted by molar-refractivity contribution is 0.393. The number of nitrogens with zero attached hydrogens (tertiary/aromatic N) is 5. The minimum atomic E-state index is -0.526. The Bertz CT molecular complexity index is 1790. The summed E-state index contributed by atoms with van der Waals surface area (Å²) in [6.45, 7) is 8.00. The van der Waals surface area contributed by atoms with Crippen LogP contribution in [0.1, 0.15) is 43.0 Å². The summed E-state index contributed by atoms with van der Waals surface area (Å²) in [7, 11) is 0. The van der Waals surface area contributed by atoms with Crippen molar-refractivity contribution in [3.05, 3.63) is 80.2 Å². The largest absolute Gasteiger partial charge is 0.493 e. The van der Waals surface area contributed by atoms with Crippen LogP contribution in [0.15, 0.2) is 44.8 Å². The molecule has 1 aromatic carbocycles. The van der Waals surface area contributed by atoms with E-state index < -0.39 is 5.69 Å². The summed E-state index contributed by atoms with van der Waals surface area (Å²) in [5.41, 5.74) is 3.69. The van der Waals surface area contributed by atoms with Gasteiger partial charge in [-0.25, -0.2) is 14.2 Å². The fourth-order valence-corrected chi connectivity index (χ4v) is 4.20. The lowest BCUT2D eigenvalue weighted by atomic mass is 9.98. The Labute approximate surface area is 215 Å². The molecule has 0 aliphatic rings. The molecule has 0 spiro atoms. The summed E-state index contributed by atoms with van der Waals surface area (Å²) in [4.78, 5) is 25.9. The number of halogens is 1. The van der Waals surface area contributed by atoms with Crippen molar-refractivity contribution in [2.24, 2.45) is 4.99 Å². The first kappa shape index (κ1) is 24.9. The Balaban J connectivity index is 1.59. The van der Waals surface area contributed by atoms with Gasteiger partial charge in [-0.3, -0.25) is 9.98 Å². The van der Waals surface area contributed by atoms with E-state index in [9.17, 15) is 14.3 Å². The predicted octanol–water partition coefficient (Wildman–Crippen LogP) is 2.72. The Hall–Kier alpha value is -4.74. The van der Waals surface area contributed by atoms with Crippen LogP contribution in [0.3, 0.4) is 0 Å². The summed E-state index contributed by atoms with van der Waals surface area (Å²) in [5.74, 6) is 0.490. The topological polar surface area (TPSA) is 149 Å². The number of aromatic hydroxyl groups is 1. The zero-order chi connectivity index (χ0) is 27.0. The van der Waals surface area contributed by atoms with Gasteiger partial charge >= 0.3 is 5.69 Å². The number of hydrogen-bond acceptors (Lipinski definition) is 8. The maximum atomic E-state index is 14.2. The van der Waals surface area contributed by atoms with Crippen molar-refractivity contribution >= 4 is 17.5 Å². The molecule has 5 rings (SSSR count). The molecule has 0 aliphatic heterocycles. The first-order valence-corrected chi connectivity index (χ1v) is 12.1. The molecule has 11 nitrogen and oxygen atoms in total. The van der Waals surface area contributed by atoms with Gasteiger partial charge in [0.15, 0.2) is 11.1 Å². The molecule has 0 saturated carbocycles. The average molecular weight is 519 g/mol. The molecular weight excluding hydrogens is 491 g/mol. The lowest BCUT2D eigenvalue weighted by Gasteiger charge is -2.12. The number of hydrogen-bond donors (Lipinski definition) is 4. The molecule has 4 aromatic heterocycles. The van der Waals surface area contributed by atoms with Gasteiger partial charge < -0.3 is 19.9 Å². The van der Waals surface area contributed by atoms with E-state index in [-0.39, 0.29) is 23.4 Å². The smallest absolute Gasteiger partial charge is 0.326 e. The standard InChI is InChI=1S/C26H27FN8O3/c1-5-13(2)30-22-10-21(32-24-17(12-29-35(22)24)8-20-25(36)33-26(37)31-20)28-11-16-6-7-18(27)9-19(16)23-14(3)34-38-15(23)4/h6-10,12-13,28,36H,5,11H2,1-4H3,(H2,31,33,37). The molecular formula is C26H27FN8O3. The number of anilines is 1. The number of nitrogens with one attached hydrogen (secondary N) is 3. The highest BCUT2D eigenvalue weighted by molar-refractivity contribution is 5.71. The summed E-state index contributed by atoms with van der Waals surface area (Å²) < 4.78 is 21.1. The monoisotopic (exact) mass is 518 g/mol. The number of benzene rings is 1. The highest BCUT2D eigenvalue weighted by Gasteiger charge is 2.16. The Morgan fingerprint density at radius 2 is 2.11 bits per heavy atom. The van der Waals surface area contributed by atoms with E-state index >= 15 is 0 Å². The number of H-pyrrole nitrogens is 2. The van der Waals surface area contributed by atoms with Crippen LogP contribution in [0.4, 0.5) is 10.2 Å². The van der Waals surface area contributed by atoms with Gasteiger partial charge in [0.25, 0.3) is 0 Å². The van der Waals surface area contributed by atoms with Crippen molar-refractivity contribution in [1.29, 1.82) is 0 Å². The van der Waals surface area contributed by atoms with Crippen molar-refractivity contribution < 1.29 is 14.0 Å². The predicted molar refractivity (Wildman–Crippen MR) is 139 cm³/mol. The van der Waals surface area contributed by atoms with Gasteiger partial charge in [-0.1, -0.05) is 18.1 Å². The van der Waals surface area contributed by atoms with E-state index in [1.165, 1.54) is 12.1 Å². The van der Waals surface area contributed by atoms with Crippen LogP contribution >= 0.6 is 0 Å². The van der Waals surface area contributed by atoms with Crippen LogP contribution in [0, 0.1) is 19.7 Å². The third-order valence-electron chi connectivity index (χ3n) is 6.29. The summed E-state index contributed by atoms with van der Waals surface area (Å²) in [6.07, 6.45) is 4.00. The van der Waals surface area contributed by atoms with Crippen molar-refractivity contribution in [2.45, 2.75) is 46.7 Å². The second kappa shape index (κ2) is 9.96. The van der Waals surface area contributed by atoms with Gasteiger partial charge in [0.1, 0.15) is 23.1 Å². The van der Waals surface area contributed by atoms with Crippen molar-refractivity contribution in [3.63, 3.8) is 0 Å². The minimum Gasteiger partial charge on any atom is -0.493 e. The summed E-state index contributed by atoms with van der Waals surface area (Å²) >= 11 is 0. The van der Waals surface area contributed by atoms with E-state index in [1.807, 2.05) is 20.8 Å². The molecule has 0 amide bonds. The van der Waals surface area contributed by atoms with E-state index in [0.29, 0.717) is 45.7 Å². The maximum Gasteiger partial charge on any atom is 0.326 e. The van der Waals surface area contributed by atoms with Crippen LogP contribution < -0.4 is 21.7 Å². The molecule has 38 heavy (non-hydrogen) atoms. The Kier molecular flexibility index (Phi) is 6.53. The second-order valence-corrected chi connectivity index (χ2v) is 9.06. The third-order valence-corrected chi connectivity index (χ3v) is 6.29. The van der Waals surface area contributed by atoms with Crippen LogP contribution in [0.5, 0.6) is 5.88 Å². The molecule has 0 saturated heterocycles. The number of fused-ring (bicyclic) bond motifs is 1. The number of aromatic amines is 2. The fraction of sp³-hybridized carbons (Fsp3) is 0.269. The van der Waals surface area contributed by atoms with E-state index in [1.54, 1.807) is 35.8 Å². The Morgan fingerprint density at radius 1 is 1.29 bits per heavy atom. The highest BCUT2D eigenvalue weighted by Crippen LogP contribution is 2.31. The quantitative estimate of drug-likeness (QED) is 0.259. The second-order valence-electron chi connectivity index (χ2n) is 9.06. The first-order chi connectivity index (χ1) is 18.2. The van der Waals surface area contributed by atoms with Crippen LogP contribution in [-0.2, 0) is 6.54 Å². The fourth-order valence-electron chi connectivity index (χ4n) is 4.20. The summed E-state index contributed by atoms with van der Waals surface area (Å²) in [6, 6.07) is 6.43. The molecule has 0 fully saturated rings. The minimum absolute atomic E-state index is 0.0402. The lowest BCUT2D eigenvalue weighted by Crippen LogP contribution is -2.21. The van der Waals surface area contributed by atoms with Gasteiger partial charge in [-0.05, 0) is 56.5 Å². The number of rotatable bonds is 7. The highest BCUT2D eigenvalue weighted by atomic mass is 19.1. The zero-order valence-electron chi connectivity index (χ0n) is 21.3. The molecule has 1 unspecified atom stereocenters. The molecule has 196 valence electrons. The van der Waals surface area contributed by atoms with Gasteiger partial charge in [-0.15, -0.1) is 0 Å². The van der Waals surface area contributed by atoms with Crippen LogP contribution in [-0.4, -0.2) is 40.9 Å². The normalized spacial score (nSPS) is 13.5. The van der Waals surface area contributed by atoms with E-state index in [4.69, 9.17) is 14.5 Å². The summed E-state index contributed by atoms with van der Waals surface area (Å²) in [5, 5.41) is 22.3. The molecule has 0 radical (unpaired) electrons. The van der Waals surface area contributed by atoms with Crippen molar-refractivity contribution in [1.82, 2.24) is 29.7 Å². The third kappa shape index (κ3) is 4.80. The molecule has 5 aromatic rings. The van der Waals surface area contributed by atoms with E-state index in [2.05, 4.69) is 25.5 Å². The molecule has 0 aliphatic carbocycles. The molecule has 0 bridgehead atoms. The van der Waals surface area contributed by atoms with Gasteiger partial charge in [0, 0.05) is 29.4 Å². The average Bonchev–Trinajstić information content (AvgIpc) is 3.54. The van der Waals surface area contributed by atoms with Crippen molar-refractivity contribution in [3.8, 4) is 17.0 Å². The van der Waals surface area contributed by atoms with E-state index in [0.717, 1.165) is 17.5 Å². The Morgan fingerprint density at radius 3 is 2.79 bits per heavy atom. The van der Waals surface area contributed by atoms with Crippen LogP contribution in [0.2, 0.25) is 0 Å². The SMILES string of the molecule is CCC(C)N=c1cc(NCc2ccc(F)cc2-c2c(C)noc2C)nc2c(=Cc3[nH]c(=O)[nH]c3O)cnn12. The zero-order valence-corrected chi connectivity index (χ0v) is 21.3. The molecule has 12 heteroatoms. The van der Waals surface area contributed by atoms with Crippen LogP contribution in [0.25, 0.3) is 22.9 Å². The van der Waals surface area contributed by atoms with Gasteiger partial charge in [0.05, 0.1) is 11.9 Å². The van der Waals surface area contributed by atoms with Crippen molar-refractivity contribution in [2.75, 3.05) is 5.32 Å². The molecule has 4 heterocycles. The van der Waals surface area contributed by atoms with Gasteiger partial charge in [-0.2, -0.15) is 9.61 Å². The molecule has 4 N–H and O–H groups in total.